The Bertz CT molecular complexity index is 1280. The number of thiophene rings is 1. The molecule has 13 heteroatoms. The molecule has 5 heterocycles. The average molecular weight is 564 g/mol. The normalized spacial score (nSPS) is 23.4. The van der Waals surface area contributed by atoms with Crippen LogP contribution in [-0.2, 0) is 21.3 Å². The van der Waals surface area contributed by atoms with Crippen LogP contribution in [0.25, 0.3) is 0 Å². The number of rotatable bonds is 8. The lowest BCUT2D eigenvalue weighted by Gasteiger charge is -2.44. The van der Waals surface area contributed by atoms with E-state index in [4.69, 9.17) is 14.5 Å². The van der Waals surface area contributed by atoms with E-state index < -0.39 is 15.8 Å². The molecular formula is C25H37N7O4S2. The van der Waals surface area contributed by atoms with Crippen molar-refractivity contribution in [3.05, 3.63) is 33.6 Å². The van der Waals surface area contributed by atoms with Crippen LogP contribution in [0.3, 0.4) is 0 Å². The third-order valence-electron chi connectivity index (χ3n) is 7.35. The van der Waals surface area contributed by atoms with E-state index in [1.165, 1.54) is 12.7 Å². The van der Waals surface area contributed by atoms with Crippen LogP contribution in [0, 0.1) is 0 Å². The molecule has 1 unspecified atom stereocenters. The van der Waals surface area contributed by atoms with Crippen molar-refractivity contribution in [2.75, 3.05) is 82.4 Å². The molecule has 0 aliphatic carbocycles. The van der Waals surface area contributed by atoms with E-state index in [0.29, 0.717) is 18.9 Å². The number of pyridine rings is 1. The maximum Gasteiger partial charge on any atom is 0.238 e. The smallest absolute Gasteiger partial charge is 0.238 e. The highest BCUT2D eigenvalue weighted by Crippen LogP contribution is 2.40. The average Bonchev–Trinajstić information content (AvgIpc) is 3.31. The lowest BCUT2D eigenvalue weighted by Crippen LogP contribution is -2.57. The third-order valence-corrected chi connectivity index (χ3v) is 9.68. The summed E-state index contributed by atoms with van der Waals surface area (Å²) in [6, 6.07) is 1.77. The van der Waals surface area contributed by atoms with Gasteiger partial charge in [-0.3, -0.25) is 14.5 Å². The van der Waals surface area contributed by atoms with E-state index >= 15 is 0 Å². The maximum atomic E-state index is 12.4. The molecule has 0 spiro atoms. The van der Waals surface area contributed by atoms with Crippen molar-refractivity contribution in [3.63, 3.8) is 0 Å². The Morgan fingerprint density at radius 3 is 2.63 bits per heavy atom. The first-order valence-corrected chi connectivity index (χ1v) is 15.5. The molecule has 3 aliphatic rings. The highest BCUT2D eigenvalue weighted by Gasteiger charge is 2.39. The van der Waals surface area contributed by atoms with Crippen molar-refractivity contribution in [3.8, 4) is 5.88 Å². The fourth-order valence-corrected chi connectivity index (χ4v) is 6.66. The van der Waals surface area contributed by atoms with Crippen molar-refractivity contribution < 1.29 is 17.9 Å². The van der Waals surface area contributed by atoms with E-state index in [9.17, 15) is 8.42 Å². The summed E-state index contributed by atoms with van der Waals surface area (Å²) in [6.45, 7) is 11.6. The number of hydrogen-bond donors (Lipinski definition) is 2. The zero-order valence-corrected chi connectivity index (χ0v) is 24.1. The fraction of sp³-hybridized carbons (Fsp3) is 0.600. The van der Waals surface area contributed by atoms with Gasteiger partial charge in [-0.15, -0.1) is 11.3 Å². The number of nitrogens with zero attached hydrogens (tertiary/aromatic N) is 5. The number of sulfonamides is 1. The number of methoxy groups -OCH3 is 1. The minimum Gasteiger partial charge on any atom is -0.480 e. The number of piperazine rings is 1. The SMILES string of the molecule is CCS(=O)(=O)Nc1cc(C2=NC(C)(N3CCOCC3)Nc3c(CN4CCN(C)CC4)csc32)cnc1OC. The summed E-state index contributed by atoms with van der Waals surface area (Å²) in [5.74, 6) is -0.517. The molecule has 0 amide bonds. The Hall–Kier alpha value is -2.29. The highest BCUT2D eigenvalue weighted by molar-refractivity contribution is 7.92. The molecular weight excluding hydrogens is 526 g/mol. The number of aliphatic imine (C=N–C) groups is 1. The molecule has 5 rings (SSSR count). The van der Waals surface area contributed by atoms with Gasteiger partial charge in [-0.25, -0.2) is 18.4 Å². The van der Waals surface area contributed by atoms with Crippen LogP contribution >= 0.6 is 11.3 Å². The summed E-state index contributed by atoms with van der Waals surface area (Å²) < 4.78 is 38.4. The molecule has 1 atom stereocenters. The van der Waals surface area contributed by atoms with Gasteiger partial charge in [-0.1, -0.05) is 0 Å². The molecule has 2 saturated heterocycles. The number of anilines is 2. The molecule has 0 aromatic carbocycles. The van der Waals surface area contributed by atoms with Gasteiger partial charge >= 0.3 is 0 Å². The molecule has 2 aromatic heterocycles. The third kappa shape index (κ3) is 5.68. The lowest BCUT2D eigenvalue weighted by molar-refractivity contribution is -0.00422. The highest BCUT2D eigenvalue weighted by atomic mass is 32.2. The zero-order valence-electron chi connectivity index (χ0n) is 22.5. The predicted molar refractivity (Wildman–Crippen MR) is 151 cm³/mol. The molecule has 2 N–H and O–H groups in total. The van der Waals surface area contributed by atoms with Crippen LogP contribution in [0.5, 0.6) is 5.88 Å². The summed E-state index contributed by atoms with van der Waals surface area (Å²) in [5, 5.41) is 5.99. The van der Waals surface area contributed by atoms with Gasteiger partial charge in [-0.05, 0) is 32.3 Å². The first-order chi connectivity index (χ1) is 18.2. The van der Waals surface area contributed by atoms with Crippen molar-refractivity contribution in [1.82, 2.24) is 19.7 Å². The van der Waals surface area contributed by atoms with Crippen molar-refractivity contribution in [2.45, 2.75) is 26.2 Å². The van der Waals surface area contributed by atoms with Crippen LogP contribution < -0.4 is 14.8 Å². The molecule has 2 aromatic rings. The van der Waals surface area contributed by atoms with E-state index in [-0.39, 0.29) is 11.6 Å². The summed E-state index contributed by atoms with van der Waals surface area (Å²) in [4.78, 5) is 17.9. The number of ether oxygens (including phenoxy) is 2. The molecule has 38 heavy (non-hydrogen) atoms. The van der Waals surface area contributed by atoms with Crippen LogP contribution in [0.2, 0.25) is 0 Å². The van der Waals surface area contributed by atoms with Crippen LogP contribution in [0.4, 0.5) is 11.4 Å². The molecule has 3 aliphatic heterocycles. The molecule has 11 nitrogen and oxygen atoms in total. The van der Waals surface area contributed by atoms with Crippen molar-refractivity contribution >= 4 is 38.4 Å². The number of aromatic nitrogens is 1. The van der Waals surface area contributed by atoms with Crippen LogP contribution in [-0.4, -0.2) is 112 Å². The summed E-state index contributed by atoms with van der Waals surface area (Å²) >= 11 is 1.65. The number of fused-ring (bicyclic) bond motifs is 1. The van der Waals surface area contributed by atoms with Gasteiger partial charge in [0.05, 0.1) is 42.4 Å². The Morgan fingerprint density at radius 1 is 1.21 bits per heavy atom. The van der Waals surface area contributed by atoms with E-state index in [2.05, 4.69) is 49.1 Å². The van der Waals surface area contributed by atoms with Gasteiger partial charge in [0.2, 0.25) is 15.9 Å². The minimum absolute atomic E-state index is 0.0505. The topological polar surface area (TPSA) is 112 Å². The monoisotopic (exact) mass is 563 g/mol. The second-order valence-corrected chi connectivity index (χ2v) is 12.9. The first kappa shape index (κ1) is 27.3. The van der Waals surface area contributed by atoms with E-state index in [1.807, 2.05) is 0 Å². The van der Waals surface area contributed by atoms with E-state index in [0.717, 1.165) is 67.7 Å². The molecule has 0 saturated carbocycles. The number of likely N-dealkylation sites (N-methyl/N-ethyl adjacent to an activating group) is 1. The molecule has 208 valence electrons. The Labute approximate surface area is 228 Å². The minimum atomic E-state index is -3.52. The first-order valence-electron chi connectivity index (χ1n) is 13.0. The molecule has 0 radical (unpaired) electrons. The predicted octanol–water partition coefficient (Wildman–Crippen LogP) is 1.93. The van der Waals surface area contributed by atoms with Crippen molar-refractivity contribution in [2.24, 2.45) is 4.99 Å². The summed E-state index contributed by atoms with van der Waals surface area (Å²) in [5.41, 5.74) is 4.15. The number of morpholine rings is 1. The largest absolute Gasteiger partial charge is 0.480 e. The van der Waals surface area contributed by atoms with Gasteiger partial charge in [0, 0.05) is 63.1 Å². The van der Waals surface area contributed by atoms with Crippen LogP contribution in [0.15, 0.2) is 22.6 Å². The number of nitrogens with one attached hydrogen (secondary N) is 2. The Kier molecular flexibility index (Phi) is 7.94. The van der Waals surface area contributed by atoms with E-state index in [1.54, 1.807) is 30.5 Å². The standard InChI is InChI=1S/C25H37N7O4S2/c1-5-38(33,34)29-20-14-18(15-26-24(20)35-4)21-23-22(28-25(2,27-21)32-10-12-36-13-11-32)19(17-37-23)16-31-8-6-30(3)7-9-31/h14-15,17,28-29H,5-13,16H2,1-4H3. The molecule has 2 fully saturated rings. The Balaban J connectivity index is 1.55. The van der Waals surface area contributed by atoms with Gasteiger partial charge in [0.15, 0.2) is 5.79 Å². The summed E-state index contributed by atoms with van der Waals surface area (Å²) in [6.07, 6.45) is 1.70. The maximum absolute atomic E-state index is 12.4. The summed E-state index contributed by atoms with van der Waals surface area (Å²) in [7, 11) is 0.124. The van der Waals surface area contributed by atoms with Crippen molar-refractivity contribution in [1.29, 1.82) is 0 Å². The zero-order chi connectivity index (χ0) is 26.9. The molecule has 0 bridgehead atoms. The van der Waals surface area contributed by atoms with Gasteiger partial charge in [0.1, 0.15) is 5.69 Å². The second kappa shape index (κ2) is 11.1. The second-order valence-electron chi connectivity index (χ2n) is 10.0. The number of hydrogen-bond acceptors (Lipinski definition) is 11. The van der Waals surface area contributed by atoms with Crippen LogP contribution in [0.1, 0.15) is 29.9 Å². The fourth-order valence-electron chi connectivity index (χ4n) is 5.00. The Morgan fingerprint density at radius 2 is 1.95 bits per heavy atom. The van der Waals surface area contributed by atoms with Gasteiger partial charge < -0.3 is 19.7 Å². The quantitative estimate of drug-likeness (QED) is 0.498. The van der Waals surface area contributed by atoms with Gasteiger partial charge in [0.25, 0.3) is 0 Å². The lowest BCUT2D eigenvalue weighted by atomic mass is 10.0. The van der Waals surface area contributed by atoms with Gasteiger partial charge in [-0.2, -0.15) is 0 Å².